The summed E-state index contributed by atoms with van der Waals surface area (Å²) < 4.78 is 0. The number of piperidine rings is 1. The van der Waals surface area contributed by atoms with E-state index in [9.17, 15) is 9.90 Å². The molecule has 1 fully saturated rings. The highest BCUT2D eigenvalue weighted by molar-refractivity contribution is 5.95. The van der Waals surface area contributed by atoms with E-state index in [4.69, 9.17) is 0 Å². The predicted octanol–water partition coefficient (Wildman–Crippen LogP) is 1.28. The fraction of sp³-hybridized carbons (Fsp3) is 0.571. The summed E-state index contributed by atoms with van der Waals surface area (Å²) in [5.41, 5.74) is 1.54. The van der Waals surface area contributed by atoms with Gasteiger partial charge in [0.15, 0.2) is 0 Å². The lowest BCUT2D eigenvalue weighted by Crippen LogP contribution is -2.42. The molecule has 1 atom stereocenters. The maximum atomic E-state index is 12.4. The number of aliphatic hydroxyl groups is 1. The molecule has 1 aliphatic heterocycles. The zero-order chi connectivity index (χ0) is 13.8. The van der Waals surface area contributed by atoms with Gasteiger partial charge in [-0.1, -0.05) is 6.92 Å². The highest BCUT2D eigenvalue weighted by atomic mass is 16.3. The topological polar surface area (TPSA) is 65.5 Å². The Morgan fingerprint density at radius 2 is 2.37 bits per heavy atom. The van der Waals surface area contributed by atoms with Crippen molar-refractivity contribution in [3.05, 3.63) is 23.4 Å². The maximum absolute atomic E-state index is 12.4. The molecule has 0 bridgehead atoms. The SMILES string of the molecule is CCc1cc(C(=O)N2CCCC(O)C2)cc(NC)n1. The fourth-order valence-corrected chi connectivity index (χ4v) is 2.34. The average molecular weight is 263 g/mol. The Morgan fingerprint density at radius 3 is 3.00 bits per heavy atom. The number of rotatable bonds is 3. The number of carbonyl (C=O) groups excluding carboxylic acids is 1. The van der Waals surface area contributed by atoms with E-state index in [0.29, 0.717) is 24.5 Å². The minimum atomic E-state index is -0.394. The van der Waals surface area contributed by atoms with E-state index in [2.05, 4.69) is 10.3 Å². The van der Waals surface area contributed by atoms with E-state index in [1.54, 1.807) is 18.0 Å². The van der Waals surface area contributed by atoms with Gasteiger partial charge >= 0.3 is 0 Å². The minimum Gasteiger partial charge on any atom is -0.391 e. The van der Waals surface area contributed by atoms with Crippen LogP contribution in [-0.4, -0.2) is 47.1 Å². The summed E-state index contributed by atoms with van der Waals surface area (Å²) in [6.45, 7) is 3.16. The molecule has 2 N–H and O–H groups in total. The molecule has 1 aromatic heterocycles. The second-order valence-electron chi connectivity index (χ2n) is 4.88. The van der Waals surface area contributed by atoms with Crippen molar-refractivity contribution in [3.63, 3.8) is 0 Å². The van der Waals surface area contributed by atoms with Crippen LogP contribution in [0.4, 0.5) is 5.82 Å². The highest BCUT2D eigenvalue weighted by Gasteiger charge is 2.23. The number of amides is 1. The van der Waals surface area contributed by atoms with E-state index >= 15 is 0 Å². The van der Waals surface area contributed by atoms with Crippen LogP contribution in [0.1, 0.15) is 35.8 Å². The van der Waals surface area contributed by atoms with E-state index in [0.717, 1.165) is 25.0 Å². The molecule has 1 amide bonds. The van der Waals surface area contributed by atoms with Crippen molar-refractivity contribution < 1.29 is 9.90 Å². The van der Waals surface area contributed by atoms with Gasteiger partial charge < -0.3 is 15.3 Å². The van der Waals surface area contributed by atoms with Crippen molar-refractivity contribution in [2.75, 3.05) is 25.5 Å². The van der Waals surface area contributed by atoms with Crippen LogP contribution in [0.5, 0.6) is 0 Å². The largest absolute Gasteiger partial charge is 0.391 e. The first-order valence-corrected chi connectivity index (χ1v) is 6.80. The lowest BCUT2D eigenvalue weighted by molar-refractivity contribution is 0.0473. The second kappa shape index (κ2) is 6.02. The van der Waals surface area contributed by atoms with Crippen LogP contribution in [0, 0.1) is 0 Å². The van der Waals surface area contributed by atoms with E-state index in [-0.39, 0.29) is 5.91 Å². The summed E-state index contributed by atoms with van der Waals surface area (Å²) in [5, 5.41) is 12.6. The smallest absolute Gasteiger partial charge is 0.254 e. The molecule has 5 heteroatoms. The monoisotopic (exact) mass is 263 g/mol. The number of likely N-dealkylation sites (tertiary alicyclic amines) is 1. The number of pyridine rings is 1. The minimum absolute atomic E-state index is 0.0210. The molecule has 19 heavy (non-hydrogen) atoms. The Hall–Kier alpha value is -1.62. The van der Waals surface area contributed by atoms with Crippen molar-refractivity contribution in [2.24, 2.45) is 0 Å². The van der Waals surface area contributed by atoms with E-state index < -0.39 is 6.10 Å². The lowest BCUT2D eigenvalue weighted by atomic mass is 10.1. The van der Waals surface area contributed by atoms with E-state index in [1.165, 1.54) is 0 Å². The number of hydrogen-bond acceptors (Lipinski definition) is 4. The van der Waals surface area contributed by atoms with Crippen LogP contribution >= 0.6 is 0 Å². The van der Waals surface area contributed by atoms with E-state index in [1.807, 2.05) is 13.0 Å². The van der Waals surface area contributed by atoms with Crippen LogP contribution in [-0.2, 0) is 6.42 Å². The van der Waals surface area contributed by atoms with Gasteiger partial charge in [-0.2, -0.15) is 0 Å². The van der Waals surface area contributed by atoms with Gasteiger partial charge in [-0.15, -0.1) is 0 Å². The third-order valence-corrected chi connectivity index (χ3v) is 3.43. The quantitative estimate of drug-likeness (QED) is 0.862. The Morgan fingerprint density at radius 1 is 1.58 bits per heavy atom. The molecular formula is C14H21N3O2. The zero-order valence-corrected chi connectivity index (χ0v) is 11.5. The molecule has 5 nitrogen and oxygen atoms in total. The molecule has 1 aromatic rings. The third kappa shape index (κ3) is 3.23. The van der Waals surface area contributed by atoms with Crippen molar-refractivity contribution in [3.8, 4) is 0 Å². The standard InChI is InChI=1S/C14H21N3O2/c1-3-11-7-10(8-13(15-2)16-11)14(19)17-6-4-5-12(18)9-17/h7-8,12,18H,3-6,9H2,1-2H3,(H,15,16). The first kappa shape index (κ1) is 13.8. The normalized spacial score (nSPS) is 19.3. The van der Waals surface area contributed by atoms with Crippen LogP contribution in [0.15, 0.2) is 12.1 Å². The maximum Gasteiger partial charge on any atom is 0.254 e. The molecule has 2 rings (SSSR count). The third-order valence-electron chi connectivity index (χ3n) is 3.43. The number of anilines is 1. The van der Waals surface area contributed by atoms with Gasteiger partial charge in [0.05, 0.1) is 6.10 Å². The summed E-state index contributed by atoms with van der Waals surface area (Å²) in [4.78, 5) is 18.5. The Labute approximate surface area is 113 Å². The Kier molecular flexibility index (Phi) is 4.37. The van der Waals surface area contributed by atoms with Gasteiger partial charge in [-0.05, 0) is 31.4 Å². The number of nitrogens with zero attached hydrogens (tertiary/aromatic N) is 2. The number of aryl methyl sites for hydroxylation is 1. The lowest BCUT2D eigenvalue weighted by Gasteiger charge is -2.30. The molecule has 0 spiro atoms. The Bertz CT molecular complexity index is 440. The van der Waals surface area contributed by atoms with Gasteiger partial charge in [-0.25, -0.2) is 4.98 Å². The fourth-order valence-electron chi connectivity index (χ4n) is 2.34. The summed E-state index contributed by atoms with van der Waals surface area (Å²) in [6.07, 6.45) is 2.03. The number of hydrogen-bond donors (Lipinski definition) is 2. The van der Waals surface area contributed by atoms with Gasteiger partial charge in [0.25, 0.3) is 5.91 Å². The number of aliphatic hydroxyl groups excluding tert-OH is 1. The molecule has 0 aromatic carbocycles. The molecule has 2 heterocycles. The summed E-state index contributed by atoms with van der Waals surface area (Å²) in [7, 11) is 1.79. The molecular weight excluding hydrogens is 242 g/mol. The van der Waals surface area contributed by atoms with Gasteiger partial charge in [0, 0.05) is 31.4 Å². The number of nitrogens with one attached hydrogen (secondary N) is 1. The molecule has 0 aliphatic carbocycles. The average Bonchev–Trinajstić information content (AvgIpc) is 2.45. The number of β-amino-alcohol motifs (C(OH)–C–C–N with tert-alkyl or cyclic N) is 1. The summed E-state index contributed by atoms with van der Waals surface area (Å²) in [6, 6.07) is 3.60. The summed E-state index contributed by atoms with van der Waals surface area (Å²) >= 11 is 0. The van der Waals surface area contributed by atoms with Crippen LogP contribution in [0.3, 0.4) is 0 Å². The van der Waals surface area contributed by atoms with Crippen LogP contribution in [0.25, 0.3) is 0 Å². The highest BCUT2D eigenvalue weighted by Crippen LogP contribution is 2.17. The number of aromatic nitrogens is 1. The van der Waals surface area contributed by atoms with Crippen molar-refractivity contribution >= 4 is 11.7 Å². The molecule has 1 saturated heterocycles. The van der Waals surface area contributed by atoms with Crippen molar-refractivity contribution in [1.82, 2.24) is 9.88 Å². The molecule has 1 unspecified atom stereocenters. The molecule has 1 aliphatic rings. The van der Waals surface area contributed by atoms with Crippen LogP contribution < -0.4 is 5.32 Å². The second-order valence-corrected chi connectivity index (χ2v) is 4.88. The molecule has 0 saturated carbocycles. The van der Waals surface area contributed by atoms with Crippen LogP contribution in [0.2, 0.25) is 0 Å². The summed E-state index contributed by atoms with van der Waals surface area (Å²) in [5.74, 6) is 0.688. The van der Waals surface area contributed by atoms with Crippen molar-refractivity contribution in [1.29, 1.82) is 0 Å². The van der Waals surface area contributed by atoms with Gasteiger partial charge in [0.1, 0.15) is 5.82 Å². The number of carbonyl (C=O) groups is 1. The van der Waals surface area contributed by atoms with Crippen molar-refractivity contribution in [2.45, 2.75) is 32.3 Å². The first-order chi connectivity index (χ1) is 9.13. The first-order valence-electron chi connectivity index (χ1n) is 6.80. The Balaban J connectivity index is 2.22. The van der Waals surface area contributed by atoms with Gasteiger partial charge in [-0.3, -0.25) is 4.79 Å². The predicted molar refractivity (Wildman–Crippen MR) is 74.3 cm³/mol. The zero-order valence-electron chi connectivity index (χ0n) is 11.5. The molecule has 104 valence electrons. The molecule has 0 radical (unpaired) electrons. The van der Waals surface area contributed by atoms with Gasteiger partial charge in [0.2, 0.25) is 0 Å².